The van der Waals surface area contributed by atoms with Crippen molar-refractivity contribution in [2.75, 3.05) is 12.3 Å². The Kier molecular flexibility index (Phi) is 6.86. The van der Waals surface area contributed by atoms with E-state index in [-0.39, 0.29) is 5.91 Å². The van der Waals surface area contributed by atoms with E-state index in [4.69, 9.17) is 16.6 Å². The predicted molar refractivity (Wildman–Crippen MR) is 121 cm³/mol. The van der Waals surface area contributed by atoms with Gasteiger partial charge < -0.3 is 9.47 Å². The first-order chi connectivity index (χ1) is 14.2. The van der Waals surface area contributed by atoms with Crippen LogP contribution in [0.1, 0.15) is 64.3 Å². The molecule has 2 aliphatic rings. The van der Waals surface area contributed by atoms with Crippen LogP contribution in [0.25, 0.3) is 11.3 Å². The van der Waals surface area contributed by atoms with Crippen LogP contribution in [0.4, 0.5) is 0 Å². The van der Waals surface area contributed by atoms with Gasteiger partial charge >= 0.3 is 0 Å². The minimum absolute atomic E-state index is 0.260. The number of thioether (sulfide) groups is 1. The Morgan fingerprint density at radius 3 is 2.59 bits per heavy atom. The van der Waals surface area contributed by atoms with Crippen LogP contribution in [0.2, 0.25) is 5.02 Å². The van der Waals surface area contributed by atoms with Gasteiger partial charge in [0.2, 0.25) is 5.91 Å². The fourth-order valence-electron chi connectivity index (χ4n) is 4.76. The van der Waals surface area contributed by atoms with Gasteiger partial charge in [-0.2, -0.15) is 0 Å². The number of benzene rings is 1. The molecule has 1 aromatic carbocycles. The van der Waals surface area contributed by atoms with Crippen molar-refractivity contribution in [2.45, 2.75) is 75.5 Å². The molecule has 1 aliphatic carbocycles. The Morgan fingerprint density at radius 2 is 1.86 bits per heavy atom. The fraction of sp³-hybridized carbons (Fsp3) is 0.565. The number of halogens is 1. The van der Waals surface area contributed by atoms with Gasteiger partial charge in [0.1, 0.15) is 0 Å². The molecule has 4 nitrogen and oxygen atoms in total. The molecule has 1 saturated heterocycles. The molecule has 2 aromatic rings. The monoisotopic (exact) mass is 431 g/mol. The zero-order valence-corrected chi connectivity index (χ0v) is 18.7. The van der Waals surface area contributed by atoms with E-state index >= 15 is 0 Å². The lowest BCUT2D eigenvalue weighted by atomic mass is 10.0. The molecule has 4 rings (SSSR count). The molecule has 156 valence electrons. The average Bonchev–Trinajstić information content (AvgIpc) is 3.42. The Hall–Kier alpha value is -1.46. The summed E-state index contributed by atoms with van der Waals surface area (Å²) in [6, 6.07) is 8.87. The molecule has 29 heavy (non-hydrogen) atoms. The largest absolute Gasteiger partial charge is 0.339 e. The first-order valence-corrected chi connectivity index (χ1v) is 12.3. The molecule has 0 bridgehead atoms. The SMILES string of the molecule is CCC1CCCCN1C(=O)CSc1ncc(-c2ccc(Cl)cc2)n1C1CCCC1. The van der Waals surface area contributed by atoms with Gasteiger partial charge in [-0.25, -0.2) is 4.98 Å². The number of hydrogen-bond donors (Lipinski definition) is 0. The van der Waals surface area contributed by atoms with Crippen molar-refractivity contribution in [1.82, 2.24) is 14.5 Å². The van der Waals surface area contributed by atoms with Crippen LogP contribution in [-0.2, 0) is 4.79 Å². The first-order valence-electron chi connectivity index (χ1n) is 10.9. The van der Waals surface area contributed by atoms with E-state index in [2.05, 4.69) is 28.5 Å². The van der Waals surface area contributed by atoms with E-state index in [1.807, 2.05) is 18.3 Å². The normalized spacial score (nSPS) is 20.3. The summed E-state index contributed by atoms with van der Waals surface area (Å²) in [5, 5.41) is 1.72. The Balaban J connectivity index is 1.54. The average molecular weight is 432 g/mol. The number of carbonyl (C=O) groups is 1. The predicted octanol–water partition coefficient (Wildman–Crippen LogP) is 6.20. The number of amides is 1. The van der Waals surface area contributed by atoms with Crippen molar-refractivity contribution < 1.29 is 4.79 Å². The topological polar surface area (TPSA) is 38.1 Å². The van der Waals surface area contributed by atoms with E-state index in [0.29, 0.717) is 17.8 Å². The lowest BCUT2D eigenvalue weighted by Gasteiger charge is -2.35. The van der Waals surface area contributed by atoms with Crippen molar-refractivity contribution in [3.05, 3.63) is 35.5 Å². The van der Waals surface area contributed by atoms with Gasteiger partial charge in [-0.3, -0.25) is 4.79 Å². The molecule has 1 aliphatic heterocycles. The molecule has 1 aromatic heterocycles. The smallest absolute Gasteiger partial charge is 0.233 e. The van der Waals surface area contributed by atoms with Gasteiger partial charge in [0.25, 0.3) is 0 Å². The summed E-state index contributed by atoms with van der Waals surface area (Å²) < 4.78 is 2.38. The molecule has 1 atom stereocenters. The second kappa shape index (κ2) is 9.57. The first kappa shape index (κ1) is 20.8. The van der Waals surface area contributed by atoms with E-state index < -0.39 is 0 Å². The highest BCUT2D eigenvalue weighted by atomic mass is 35.5. The van der Waals surface area contributed by atoms with Gasteiger partial charge in [0.05, 0.1) is 17.6 Å². The molecule has 1 saturated carbocycles. The third-order valence-corrected chi connectivity index (χ3v) is 7.54. The number of imidazole rings is 1. The van der Waals surface area contributed by atoms with Gasteiger partial charge in [0, 0.05) is 23.7 Å². The molecule has 6 heteroatoms. The number of piperidine rings is 1. The zero-order chi connectivity index (χ0) is 20.2. The minimum Gasteiger partial charge on any atom is -0.339 e. The summed E-state index contributed by atoms with van der Waals surface area (Å²) in [5.74, 6) is 0.732. The standard InChI is InChI=1S/C23H30ClN3OS/c1-2-19-7-5-6-14-26(19)22(28)16-29-23-25-15-21(17-10-12-18(24)13-11-17)27(23)20-8-3-4-9-20/h10-13,15,19-20H,2-9,14,16H2,1H3. The Morgan fingerprint density at radius 1 is 1.14 bits per heavy atom. The Bertz CT molecular complexity index is 829. The van der Waals surface area contributed by atoms with Crippen molar-refractivity contribution in [1.29, 1.82) is 0 Å². The summed E-state index contributed by atoms with van der Waals surface area (Å²) in [4.78, 5) is 19.8. The third-order valence-electron chi connectivity index (χ3n) is 6.34. The number of aromatic nitrogens is 2. The highest BCUT2D eigenvalue weighted by Crippen LogP contribution is 2.38. The van der Waals surface area contributed by atoms with Gasteiger partial charge in [-0.15, -0.1) is 0 Å². The van der Waals surface area contributed by atoms with Crippen LogP contribution in [0.3, 0.4) is 0 Å². The molecule has 0 N–H and O–H groups in total. The molecular weight excluding hydrogens is 402 g/mol. The van der Waals surface area contributed by atoms with Crippen LogP contribution in [0.5, 0.6) is 0 Å². The van der Waals surface area contributed by atoms with Crippen LogP contribution >= 0.6 is 23.4 Å². The Labute approximate surface area is 183 Å². The van der Waals surface area contributed by atoms with Crippen LogP contribution in [0, 0.1) is 0 Å². The maximum Gasteiger partial charge on any atom is 0.233 e. The lowest BCUT2D eigenvalue weighted by Crippen LogP contribution is -2.44. The van der Waals surface area contributed by atoms with E-state index in [9.17, 15) is 4.79 Å². The second-order valence-electron chi connectivity index (χ2n) is 8.17. The van der Waals surface area contributed by atoms with Gasteiger partial charge in [0.15, 0.2) is 5.16 Å². The zero-order valence-electron chi connectivity index (χ0n) is 17.1. The summed E-state index contributed by atoms with van der Waals surface area (Å²) in [5.41, 5.74) is 2.27. The number of carbonyl (C=O) groups excluding carboxylic acids is 1. The van der Waals surface area contributed by atoms with Crippen molar-refractivity contribution in [2.24, 2.45) is 0 Å². The van der Waals surface area contributed by atoms with Gasteiger partial charge in [-0.1, -0.05) is 55.3 Å². The maximum absolute atomic E-state index is 12.9. The molecule has 2 fully saturated rings. The molecule has 0 radical (unpaired) electrons. The number of hydrogen-bond acceptors (Lipinski definition) is 3. The van der Waals surface area contributed by atoms with Crippen LogP contribution in [-0.4, -0.2) is 38.7 Å². The molecule has 0 spiro atoms. The fourth-order valence-corrected chi connectivity index (χ4v) is 5.82. The van der Waals surface area contributed by atoms with E-state index in [1.54, 1.807) is 11.8 Å². The van der Waals surface area contributed by atoms with Crippen LogP contribution < -0.4 is 0 Å². The van der Waals surface area contributed by atoms with Crippen LogP contribution in [0.15, 0.2) is 35.6 Å². The van der Waals surface area contributed by atoms with Crippen molar-refractivity contribution in [3.8, 4) is 11.3 Å². The molecule has 2 heterocycles. The third kappa shape index (κ3) is 4.66. The molecule has 1 unspecified atom stereocenters. The number of rotatable bonds is 6. The van der Waals surface area contributed by atoms with Gasteiger partial charge in [-0.05, 0) is 56.2 Å². The van der Waals surface area contributed by atoms with E-state index in [1.165, 1.54) is 32.1 Å². The molecular formula is C23H30ClN3OS. The maximum atomic E-state index is 12.9. The van der Waals surface area contributed by atoms with E-state index in [0.717, 1.165) is 47.2 Å². The summed E-state index contributed by atoms with van der Waals surface area (Å²) >= 11 is 7.69. The number of nitrogens with zero attached hydrogens (tertiary/aromatic N) is 3. The second-order valence-corrected chi connectivity index (χ2v) is 9.55. The van der Waals surface area contributed by atoms with Crippen molar-refractivity contribution in [3.63, 3.8) is 0 Å². The summed E-state index contributed by atoms with van der Waals surface area (Å²) in [7, 11) is 0. The lowest BCUT2D eigenvalue weighted by molar-refractivity contribution is -0.132. The quantitative estimate of drug-likeness (QED) is 0.511. The summed E-state index contributed by atoms with van der Waals surface area (Å²) in [6.45, 7) is 3.10. The molecule has 1 amide bonds. The minimum atomic E-state index is 0.260. The highest BCUT2D eigenvalue weighted by molar-refractivity contribution is 7.99. The summed E-state index contributed by atoms with van der Waals surface area (Å²) in [6.07, 6.45) is 11.4. The number of likely N-dealkylation sites (tertiary alicyclic amines) is 1. The highest BCUT2D eigenvalue weighted by Gasteiger charge is 2.27. The van der Waals surface area contributed by atoms with Crippen molar-refractivity contribution >= 4 is 29.3 Å².